The Morgan fingerprint density at radius 3 is 2.56 bits per heavy atom. The van der Waals surface area contributed by atoms with Crippen molar-refractivity contribution in [1.29, 1.82) is 0 Å². The van der Waals surface area contributed by atoms with E-state index in [4.69, 9.17) is 9.15 Å². The first-order valence-corrected chi connectivity index (χ1v) is 9.22. The van der Waals surface area contributed by atoms with Gasteiger partial charge in [-0.1, -0.05) is 6.07 Å². The summed E-state index contributed by atoms with van der Waals surface area (Å²) < 4.78 is 9.85. The first-order valence-electron chi connectivity index (χ1n) is 7.52. The Morgan fingerprint density at radius 2 is 1.85 bits per heavy atom. The van der Waals surface area contributed by atoms with E-state index >= 15 is 0 Å². The van der Waals surface area contributed by atoms with Crippen LogP contribution in [0.5, 0.6) is 0 Å². The van der Waals surface area contributed by atoms with Crippen LogP contribution in [0.4, 0.5) is 5.00 Å². The van der Waals surface area contributed by atoms with Gasteiger partial charge in [0.15, 0.2) is 12.4 Å². The molecule has 3 rings (SSSR count). The molecular formula is C17H12N2O6S2. The Bertz CT molecular complexity index is 960. The number of thiophene rings is 2. The molecule has 0 aliphatic carbocycles. The van der Waals surface area contributed by atoms with E-state index in [0.29, 0.717) is 9.88 Å². The van der Waals surface area contributed by atoms with Crippen LogP contribution in [0.2, 0.25) is 0 Å². The van der Waals surface area contributed by atoms with Crippen molar-refractivity contribution in [2.75, 3.05) is 11.9 Å². The van der Waals surface area contributed by atoms with Crippen molar-refractivity contribution in [1.82, 2.24) is 5.32 Å². The second kappa shape index (κ2) is 8.43. The number of hydrogen-bond donors (Lipinski definition) is 2. The lowest BCUT2D eigenvalue weighted by Gasteiger charge is -2.04. The Hall–Kier alpha value is -3.24. The molecule has 0 aliphatic rings. The van der Waals surface area contributed by atoms with Crippen LogP contribution in [0.3, 0.4) is 0 Å². The zero-order chi connectivity index (χ0) is 19.2. The Kier molecular flexibility index (Phi) is 5.79. The number of carbonyl (C=O) groups is 4. The number of amides is 3. The summed E-state index contributed by atoms with van der Waals surface area (Å²) in [7, 11) is 0. The van der Waals surface area contributed by atoms with Crippen LogP contribution in [0.15, 0.2) is 52.5 Å². The van der Waals surface area contributed by atoms with Crippen LogP contribution in [-0.2, 0) is 9.53 Å². The van der Waals surface area contributed by atoms with Gasteiger partial charge in [-0.3, -0.25) is 19.7 Å². The topological polar surface area (TPSA) is 115 Å². The summed E-state index contributed by atoms with van der Waals surface area (Å²) in [6.07, 6.45) is 1.38. The molecule has 138 valence electrons. The molecule has 0 aromatic carbocycles. The van der Waals surface area contributed by atoms with E-state index in [2.05, 4.69) is 10.6 Å². The molecule has 3 heterocycles. The predicted molar refractivity (Wildman–Crippen MR) is 98.1 cm³/mol. The molecule has 0 spiro atoms. The van der Waals surface area contributed by atoms with Gasteiger partial charge in [0.05, 0.1) is 16.1 Å². The molecule has 0 atom stereocenters. The highest BCUT2D eigenvalue weighted by atomic mass is 32.1. The summed E-state index contributed by atoms with van der Waals surface area (Å²) in [5.74, 6) is -2.33. The second-order valence-electron chi connectivity index (χ2n) is 5.03. The zero-order valence-corrected chi connectivity index (χ0v) is 15.2. The standard InChI is InChI=1S/C17H12N2O6S2/c20-13(18-16(22)11-4-2-8-26-11)9-25-17(23)12-5-6-14(27-12)19-15(21)10-3-1-7-24-10/h1-8H,9H2,(H,19,21)(H,18,20,22). The van der Waals surface area contributed by atoms with Gasteiger partial charge < -0.3 is 14.5 Å². The molecule has 0 radical (unpaired) electrons. The third kappa shape index (κ3) is 4.90. The van der Waals surface area contributed by atoms with Gasteiger partial charge in [0.2, 0.25) is 0 Å². The van der Waals surface area contributed by atoms with Gasteiger partial charge in [0, 0.05) is 0 Å². The van der Waals surface area contributed by atoms with Crippen LogP contribution in [0, 0.1) is 0 Å². The fourth-order valence-electron chi connectivity index (χ4n) is 1.93. The van der Waals surface area contributed by atoms with E-state index in [1.165, 1.54) is 35.8 Å². The summed E-state index contributed by atoms with van der Waals surface area (Å²) in [4.78, 5) is 47.9. The minimum Gasteiger partial charge on any atom is -0.459 e. The Labute approximate surface area is 160 Å². The highest BCUT2D eigenvalue weighted by molar-refractivity contribution is 7.18. The molecule has 0 saturated heterocycles. The smallest absolute Gasteiger partial charge is 0.348 e. The maximum atomic E-state index is 12.0. The van der Waals surface area contributed by atoms with Crippen molar-refractivity contribution in [2.45, 2.75) is 0 Å². The third-order valence-electron chi connectivity index (χ3n) is 3.12. The average Bonchev–Trinajstić information content (AvgIpc) is 3.41. The third-order valence-corrected chi connectivity index (χ3v) is 4.97. The highest BCUT2D eigenvalue weighted by Crippen LogP contribution is 2.23. The molecule has 2 N–H and O–H groups in total. The molecule has 3 amide bonds. The lowest BCUT2D eigenvalue weighted by atomic mass is 10.4. The van der Waals surface area contributed by atoms with Crippen molar-refractivity contribution in [3.8, 4) is 0 Å². The van der Waals surface area contributed by atoms with Gasteiger partial charge in [-0.2, -0.15) is 0 Å². The molecule has 0 unspecified atom stereocenters. The number of ether oxygens (including phenoxy) is 1. The molecule has 3 aromatic heterocycles. The quantitative estimate of drug-likeness (QED) is 0.611. The number of esters is 1. The largest absolute Gasteiger partial charge is 0.459 e. The second-order valence-corrected chi connectivity index (χ2v) is 7.06. The SMILES string of the molecule is O=C(COC(=O)c1ccc(NC(=O)c2ccco2)s1)NC(=O)c1cccs1. The van der Waals surface area contributed by atoms with Gasteiger partial charge in [0.1, 0.15) is 4.88 Å². The lowest BCUT2D eigenvalue weighted by Crippen LogP contribution is -2.33. The number of anilines is 1. The zero-order valence-electron chi connectivity index (χ0n) is 13.6. The van der Waals surface area contributed by atoms with Crippen molar-refractivity contribution in [3.63, 3.8) is 0 Å². The molecule has 10 heteroatoms. The van der Waals surface area contributed by atoms with Crippen molar-refractivity contribution >= 4 is 51.4 Å². The minimum absolute atomic E-state index is 0.139. The number of nitrogens with one attached hydrogen (secondary N) is 2. The van der Waals surface area contributed by atoms with Gasteiger partial charge in [-0.25, -0.2) is 4.79 Å². The predicted octanol–water partition coefficient (Wildman–Crippen LogP) is 2.77. The summed E-state index contributed by atoms with van der Waals surface area (Å²) in [6.45, 7) is -0.595. The van der Waals surface area contributed by atoms with Gasteiger partial charge in [-0.15, -0.1) is 22.7 Å². The summed E-state index contributed by atoms with van der Waals surface area (Å²) >= 11 is 2.17. The minimum atomic E-state index is -0.739. The summed E-state index contributed by atoms with van der Waals surface area (Å²) in [6, 6.07) is 9.34. The normalized spacial score (nSPS) is 10.2. The van der Waals surface area contributed by atoms with E-state index in [1.807, 2.05) is 0 Å². The first-order chi connectivity index (χ1) is 13.0. The van der Waals surface area contributed by atoms with Crippen LogP contribution >= 0.6 is 22.7 Å². The molecular weight excluding hydrogens is 392 g/mol. The Morgan fingerprint density at radius 1 is 1.00 bits per heavy atom. The number of carbonyl (C=O) groups excluding carboxylic acids is 4. The maximum absolute atomic E-state index is 12.0. The van der Waals surface area contributed by atoms with E-state index in [9.17, 15) is 19.2 Å². The van der Waals surface area contributed by atoms with E-state index in [-0.39, 0.29) is 10.6 Å². The van der Waals surface area contributed by atoms with E-state index < -0.39 is 30.3 Å². The van der Waals surface area contributed by atoms with Crippen LogP contribution in [-0.4, -0.2) is 30.3 Å². The van der Waals surface area contributed by atoms with Crippen molar-refractivity contribution in [3.05, 3.63) is 63.6 Å². The van der Waals surface area contributed by atoms with E-state index in [1.54, 1.807) is 23.6 Å². The average molecular weight is 404 g/mol. The van der Waals surface area contributed by atoms with Crippen LogP contribution in [0.25, 0.3) is 0 Å². The van der Waals surface area contributed by atoms with Gasteiger partial charge >= 0.3 is 5.97 Å². The molecule has 3 aromatic rings. The fourth-order valence-corrected chi connectivity index (χ4v) is 3.34. The molecule has 0 saturated carbocycles. The molecule has 0 fully saturated rings. The number of hydrogen-bond acceptors (Lipinski definition) is 8. The maximum Gasteiger partial charge on any atom is 0.348 e. The molecule has 8 nitrogen and oxygen atoms in total. The monoisotopic (exact) mass is 404 g/mol. The molecule has 27 heavy (non-hydrogen) atoms. The molecule has 0 aliphatic heterocycles. The fraction of sp³-hybridized carbons (Fsp3) is 0.0588. The van der Waals surface area contributed by atoms with Crippen molar-refractivity contribution < 1.29 is 28.3 Å². The highest BCUT2D eigenvalue weighted by Gasteiger charge is 2.17. The van der Waals surface area contributed by atoms with Crippen LogP contribution < -0.4 is 10.6 Å². The number of furan rings is 1. The summed E-state index contributed by atoms with van der Waals surface area (Å²) in [5.41, 5.74) is 0. The lowest BCUT2D eigenvalue weighted by molar-refractivity contribution is -0.123. The van der Waals surface area contributed by atoms with Crippen LogP contribution in [0.1, 0.15) is 29.9 Å². The van der Waals surface area contributed by atoms with Gasteiger partial charge in [0.25, 0.3) is 17.7 Å². The summed E-state index contributed by atoms with van der Waals surface area (Å²) in [5, 5.41) is 6.83. The van der Waals surface area contributed by atoms with E-state index in [0.717, 1.165) is 11.3 Å². The van der Waals surface area contributed by atoms with Gasteiger partial charge in [-0.05, 0) is 35.7 Å². The Balaban J connectivity index is 1.48. The number of imide groups is 1. The number of rotatable bonds is 6. The first kappa shape index (κ1) is 18.5. The molecule has 0 bridgehead atoms. The van der Waals surface area contributed by atoms with Crippen molar-refractivity contribution in [2.24, 2.45) is 0 Å².